The molecular formula is C19H17NO5. The molecule has 0 spiro atoms. The van der Waals surface area contributed by atoms with E-state index < -0.39 is 18.0 Å². The number of hydrogen-bond acceptors (Lipinski definition) is 5. The van der Waals surface area contributed by atoms with E-state index >= 15 is 0 Å². The van der Waals surface area contributed by atoms with Crippen molar-refractivity contribution in [3.05, 3.63) is 58.8 Å². The summed E-state index contributed by atoms with van der Waals surface area (Å²) >= 11 is 0. The van der Waals surface area contributed by atoms with Gasteiger partial charge < -0.3 is 19.2 Å². The highest BCUT2D eigenvalue weighted by molar-refractivity contribution is 5.82. The van der Waals surface area contributed by atoms with Crippen LogP contribution in [0.25, 0.3) is 22.3 Å². The summed E-state index contributed by atoms with van der Waals surface area (Å²) in [4.78, 5) is 25.5. The van der Waals surface area contributed by atoms with Crippen molar-refractivity contribution in [1.29, 1.82) is 0 Å². The van der Waals surface area contributed by atoms with E-state index in [1.807, 2.05) is 31.1 Å². The number of carboxylic acid groups (broad SMARTS) is 1. The van der Waals surface area contributed by atoms with E-state index in [1.54, 1.807) is 36.4 Å². The molecule has 0 saturated carbocycles. The maximum atomic E-state index is 12.7. The molecule has 0 aliphatic heterocycles. The van der Waals surface area contributed by atoms with Gasteiger partial charge in [0.15, 0.2) is 12.4 Å². The van der Waals surface area contributed by atoms with E-state index in [4.69, 9.17) is 14.3 Å². The highest BCUT2D eigenvalue weighted by Gasteiger charge is 2.18. The minimum atomic E-state index is -1.17. The number of benzene rings is 2. The van der Waals surface area contributed by atoms with Crippen molar-refractivity contribution in [2.45, 2.75) is 0 Å². The third-order valence-electron chi connectivity index (χ3n) is 3.74. The Morgan fingerprint density at radius 2 is 1.80 bits per heavy atom. The molecule has 1 N–H and O–H groups in total. The van der Waals surface area contributed by atoms with Crippen LogP contribution in [-0.2, 0) is 4.79 Å². The first kappa shape index (κ1) is 16.6. The van der Waals surface area contributed by atoms with Gasteiger partial charge in [-0.15, -0.1) is 0 Å². The van der Waals surface area contributed by atoms with Crippen LogP contribution in [0.3, 0.4) is 0 Å². The molecule has 0 atom stereocenters. The zero-order chi connectivity index (χ0) is 18.0. The molecule has 3 aromatic rings. The molecule has 128 valence electrons. The fraction of sp³-hybridized carbons (Fsp3) is 0.158. The van der Waals surface area contributed by atoms with Crippen molar-refractivity contribution in [3.8, 4) is 17.1 Å². The maximum absolute atomic E-state index is 12.7. The number of carboxylic acids is 1. The standard InChI is InChI=1S/C19H17NO5/c1-20(2)13-9-7-12(8-10-13)18-19(24-11-16(21)22)17(23)14-5-3-4-6-15(14)25-18/h3-10H,11H2,1-2H3,(H,21,22). The highest BCUT2D eigenvalue weighted by atomic mass is 16.5. The lowest BCUT2D eigenvalue weighted by atomic mass is 10.1. The summed E-state index contributed by atoms with van der Waals surface area (Å²) in [6.45, 7) is -0.619. The molecule has 3 rings (SSSR count). The Morgan fingerprint density at radius 1 is 1.12 bits per heavy atom. The predicted molar refractivity (Wildman–Crippen MR) is 95.4 cm³/mol. The van der Waals surface area contributed by atoms with Crippen LogP contribution < -0.4 is 15.1 Å². The molecular weight excluding hydrogens is 322 g/mol. The normalized spacial score (nSPS) is 10.6. The van der Waals surface area contributed by atoms with Gasteiger partial charge in [-0.25, -0.2) is 4.79 Å². The Kier molecular flexibility index (Phi) is 4.43. The van der Waals surface area contributed by atoms with Gasteiger partial charge in [-0.05, 0) is 36.4 Å². The predicted octanol–water partition coefficient (Wildman–Crippen LogP) is 2.99. The minimum Gasteiger partial charge on any atom is -0.479 e. The average Bonchev–Trinajstić information content (AvgIpc) is 2.60. The molecule has 1 aromatic heterocycles. The maximum Gasteiger partial charge on any atom is 0.341 e. The number of para-hydroxylation sites is 1. The summed E-state index contributed by atoms with van der Waals surface area (Å²) in [5.41, 5.74) is 1.64. The molecule has 6 nitrogen and oxygen atoms in total. The second kappa shape index (κ2) is 6.68. The van der Waals surface area contributed by atoms with Gasteiger partial charge in [0.25, 0.3) is 0 Å². The summed E-state index contributed by atoms with van der Waals surface area (Å²) in [5, 5.41) is 9.22. The Bertz CT molecular complexity index is 973. The van der Waals surface area contributed by atoms with E-state index in [2.05, 4.69) is 0 Å². The number of aliphatic carboxylic acids is 1. The fourth-order valence-electron chi connectivity index (χ4n) is 2.49. The van der Waals surface area contributed by atoms with Crippen molar-refractivity contribution in [1.82, 2.24) is 0 Å². The number of anilines is 1. The second-order valence-electron chi connectivity index (χ2n) is 5.71. The lowest BCUT2D eigenvalue weighted by Gasteiger charge is -2.14. The van der Waals surface area contributed by atoms with Crippen molar-refractivity contribution in [2.75, 3.05) is 25.6 Å². The van der Waals surface area contributed by atoms with Crippen molar-refractivity contribution in [2.24, 2.45) is 0 Å². The number of ether oxygens (including phenoxy) is 1. The fourth-order valence-corrected chi connectivity index (χ4v) is 2.49. The molecule has 0 radical (unpaired) electrons. The molecule has 0 fully saturated rings. The smallest absolute Gasteiger partial charge is 0.341 e. The van der Waals surface area contributed by atoms with Gasteiger partial charge >= 0.3 is 5.97 Å². The van der Waals surface area contributed by atoms with Crippen LogP contribution in [0, 0.1) is 0 Å². The van der Waals surface area contributed by atoms with Gasteiger partial charge in [-0.1, -0.05) is 12.1 Å². The summed E-state index contributed by atoms with van der Waals surface area (Å²) in [7, 11) is 3.85. The van der Waals surface area contributed by atoms with E-state index in [1.165, 1.54) is 0 Å². The monoisotopic (exact) mass is 339 g/mol. The van der Waals surface area contributed by atoms with Crippen LogP contribution in [-0.4, -0.2) is 31.8 Å². The van der Waals surface area contributed by atoms with Gasteiger partial charge in [0.1, 0.15) is 5.58 Å². The van der Waals surface area contributed by atoms with Crippen LogP contribution in [0.5, 0.6) is 5.75 Å². The van der Waals surface area contributed by atoms with E-state index in [0.29, 0.717) is 16.5 Å². The molecule has 1 heterocycles. The molecule has 6 heteroatoms. The summed E-state index contributed by atoms with van der Waals surface area (Å²) in [6, 6.07) is 14.2. The molecule has 0 aliphatic carbocycles. The largest absolute Gasteiger partial charge is 0.479 e. The third-order valence-corrected chi connectivity index (χ3v) is 3.74. The lowest BCUT2D eigenvalue weighted by Crippen LogP contribution is -2.16. The third kappa shape index (κ3) is 3.33. The first-order chi connectivity index (χ1) is 12.0. The van der Waals surface area contributed by atoms with Crippen LogP contribution in [0.15, 0.2) is 57.7 Å². The molecule has 0 saturated heterocycles. The molecule has 0 bridgehead atoms. The highest BCUT2D eigenvalue weighted by Crippen LogP contribution is 2.31. The van der Waals surface area contributed by atoms with Gasteiger partial charge in [-0.3, -0.25) is 4.79 Å². The number of fused-ring (bicyclic) bond motifs is 1. The number of hydrogen-bond donors (Lipinski definition) is 1. The van der Waals surface area contributed by atoms with Crippen molar-refractivity contribution >= 4 is 22.6 Å². The van der Waals surface area contributed by atoms with Crippen LogP contribution >= 0.6 is 0 Å². The summed E-state index contributed by atoms with van der Waals surface area (Å²) in [5.74, 6) is -1.05. The molecule has 0 amide bonds. The van der Waals surface area contributed by atoms with Crippen LogP contribution in [0.2, 0.25) is 0 Å². The summed E-state index contributed by atoms with van der Waals surface area (Å²) in [6.07, 6.45) is 0. The number of rotatable bonds is 5. The van der Waals surface area contributed by atoms with Crippen LogP contribution in [0.1, 0.15) is 0 Å². The zero-order valence-electron chi connectivity index (χ0n) is 13.9. The Morgan fingerprint density at radius 3 is 2.44 bits per heavy atom. The van der Waals surface area contributed by atoms with Gasteiger partial charge in [0, 0.05) is 25.3 Å². The first-order valence-electron chi connectivity index (χ1n) is 7.65. The Balaban J connectivity index is 2.18. The average molecular weight is 339 g/mol. The van der Waals surface area contributed by atoms with Gasteiger partial charge in [0.05, 0.1) is 5.39 Å². The quantitative estimate of drug-likeness (QED) is 0.770. The molecule has 0 aliphatic rings. The van der Waals surface area contributed by atoms with Crippen molar-refractivity contribution < 1.29 is 19.1 Å². The Hall–Kier alpha value is -3.28. The molecule has 0 unspecified atom stereocenters. The summed E-state index contributed by atoms with van der Waals surface area (Å²) < 4.78 is 11.1. The molecule has 2 aromatic carbocycles. The number of carbonyl (C=O) groups is 1. The second-order valence-corrected chi connectivity index (χ2v) is 5.71. The zero-order valence-corrected chi connectivity index (χ0v) is 13.9. The topological polar surface area (TPSA) is 80.0 Å². The van der Waals surface area contributed by atoms with Gasteiger partial charge in [0.2, 0.25) is 11.2 Å². The SMILES string of the molecule is CN(C)c1ccc(-c2oc3ccccc3c(=O)c2OCC(=O)O)cc1. The first-order valence-corrected chi connectivity index (χ1v) is 7.65. The molecule has 25 heavy (non-hydrogen) atoms. The number of nitrogens with zero attached hydrogens (tertiary/aromatic N) is 1. The van der Waals surface area contributed by atoms with Gasteiger partial charge in [-0.2, -0.15) is 0 Å². The van der Waals surface area contributed by atoms with E-state index in [9.17, 15) is 9.59 Å². The Labute approximate surface area is 143 Å². The van der Waals surface area contributed by atoms with Crippen molar-refractivity contribution in [3.63, 3.8) is 0 Å². The van der Waals surface area contributed by atoms with E-state index in [0.717, 1.165) is 5.69 Å². The van der Waals surface area contributed by atoms with Crippen LogP contribution in [0.4, 0.5) is 5.69 Å². The lowest BCUT2D eigenvalue weighted by molar-refractivity contribution is -0.139. The van der Waals surface area contributed by atoms with E-state index in [-0.39, 0.29) is 11.5 Å². The minimum absolute atomic E-state index is 0.0984.